The van der Waals surface area contributed by atoms with Crippen molar-refractivity contribution in [2.75, 3.05) is 18.5 Å². The second-order valence-corrected chi connectivity index (χ2v) is 5.85. The van der Waals surface area contributed by atoms with Gasteiger partial charge in [-0.15, -0.1) is 0 Å². The van der Waals surface area contributed by atoms with E-state index < -0.39 is 0 Å². The molecule has 0 saturated heterocycles. The molecule has 3 heteroatoms. The Bertz CT molecular complexity index is 540. The number of hydrogen-bond acceptors (Lipinski definition) is 2. The Morgan fingerprint density at radius 3 is 2.79 bits per heavy atom. The smallest absolute Gasteiger partial charge is 0.0504 e. The van der Waals surface area contributed by atoms with Crippen LogP contribution in [-0.2, 0) is 0 Å². The van der Waals surface area contributed by atoms with Crippen molar-refractivity contribution in [3.05, 3.63) is 30.5 Å². The van der Waals surface area contributed by atoms with Crippen LogP contribution >= 0.6 is 0 Å². The second kappa shape index (κ2) is 5.25. The zero-order valence-electron chi connectivity index (χ0n) is 11.3. The molecule has 0 spiro atoms. The molecule has 0 radical (unpaired) electrons. The summed E-state index contributed by atoms with van der Waals surface area (Å²) in [5.41, 5.74) is 2.40. The van der Waals surface area contributed by atoms with Gasteiger partial charge in [-0.1, -0.05) is 19.3 Å². The molecular formula is C16H22N2O. The first kappa shape index (κ1) is 12.5. The predicted octanol–water partition coefficient (Wildman–Crippen LogP) is 3.52. The van der Waals surface area contributed by atoms with Gasteiger partial charge in [-0.05, 0) is 37.1 Å². The summed E-state index contributed by atoms with van der Waals surface area (Å²) in [6.45, 7) is 1.17. The highest BCUT2D eigenvalue weighted by atomic mass is 16.3. The first-order valence-corrected chi connectivity index (χ1v) is 7.23. The third-order valence-electron chi connectivity index (χ3n) is 4.47. The van der Waals surface area contributed by atoms with Gasteiger partial charge in [0.15, 0.2) is 0 Å². The van der Waals surface area contributed by atoms with Gasteiger partial charge in [-0.25, -0.2) is 0 Å². The largest absolute Gasteiger partial charge is 0.396 e. The van der Waals surface area contributed by atoms with Gasteiger partial charge in [0.1, 0.15) is 0 Å². The fraction of sp³-hybridized carbons (Fsp3) is 0.500. The van der Waals surface area contributed by atoms with Crippen LogP contribution in [-0.4, -0.2) is 23.2 Å². The molecule has 3 nitrogen and oxygen atoms in total. The Kier molecular flexibility index (Phi) is 3.47. The molecule has 1 aromatic carbocycles. The number of aliphatic hydroxyl groups is 1. The Hall–Kier alpha value is -1.48. The molecule has 19 heavy (non-hydrogen) atoms. The molecule has 3 N–H and O–H groups in total. The van der Waals surface area contributed by atoms with Crippen molar-refractivity contribution in [3.8, 4) is 0 Å². The number of aliphatic hydroxyl groups excluding tert-OH is 1. The van der Waals surface area contributed by atoms with E-state index in [-0.39, 0.29) is 5.41 Å². The van der Waals surface area contributed by atoms with Crippen LogP contribution < -0.4 is 5.32 Å². The van der Waals surface area contributed by atoms with Crippen molar-refractivity contribution in [3.63, 3.8) is 0 Å². The molecule has 0 amide bonds. The van der Waals surface area contributed by atoms with Gasteiger partial charge in [0.05, 0.1) is 6.61 Å². The maximum atomic E-state index is 9.71. The van der Waals surface area contributed by atoms with Crippen molar-refractivity contribution < 1.29 is 5.11 Å². The van der Waals surface area contributed by atoms with Crippen LogP contribution in [0, 0.1) is 5.41 Å². The average Bonchev–Trinajstić information content (AvgIpc) is 2.93. The summed E-state index contributed by atoms with van der Waals surface area (Å²) in [6, 6.07) is 8.46. The number of aromatic amines is 1. The zero-order valence-corrected chi connectivity index (χ0v) is 11.3. The molecule has 0 bridgehead atoms. The monoisotopic (exact) mass is 258 g/mol. The molecule has 1 fully saturated rings. The summed E-state index contributed by atoms with van der Waals surface area (Å²) in [5.74, 6) is 0. The normalized spacial score (nSPS) is 18.6. The number of hydrogen-bond donors (Lipinski definition) is 3. The Morgan fingerprint density at radius 2 is 2.00 bits per heavy atom. The first-order chi connectivity index (χ1) is 9.31. The molecule has 1 aliphatic rings. The number of benzene rings is 1. The first-order valence-electron chi connectivity index (χ1n) is 7.23. The molecule has 1 aromatic heterocycles. The van der Waals surface area contributed by atoms with E-state index in [4.69, 9.17) is 0 Å². The van der Waals surface area contributed by atoms with E-state index in [2.05, 4.69) is 34.6 Å². The van der Waals surface area contributed by atoms with Crippen LogP contribution in [0.2, 0.25) is 0 Å². The summed E-state index contributed by atoms with van der Waals surface area (Å²) in [7, 11) is 0. The van der Waals surface area contributed by atoms with Crippen LogP contribution in [0.5, 0.6) is 0 Å². The fourth-order valence-corrected chi connectivity index (χ4v) is 3.15. The molecule has 1 heterocycles. The highest BCUT2D eigenvalue weighted by Gasteiger charge is 2.30. The lowest BCUT2D eigenvalue weighted by Gasteiger charge is -2.36. The summed E-state index contributed by atoms with van der Waals surface area (Å²) < 4.78 is 0. The maximum absolute atomic E-state index is 9.71. The predicted molar refractivity (Wildman–Crippen MR) is 79.4 cm³/mol. The van der Waals surface area contributed by atoms with E-state index in [1.54, 1.807) is 0 Å². The lowest BCUT2D eigenvalue weighted by atomic mass is 9.74. The van der Waals surface area contributed by atoms with E-state index in [0.717, 1.165) is 25.1 Å². The standard InChI is InChI=1S/C16H22N2O/c19-12-16(7-2-1-3-8-16)11-18-14-4-5-15-13(10-14)6-9-17-15/h4-6,9-10,17-19H,1-3,7-8,11-12H2. The number of anilines is 1. The van der Waals surface area contributed by atoms with Gasteiger partial charge < -0.3 is 15.4 Å². The van der Waals surface area contributed by atoms with Gasteiger partial charge in [0, 0.05) is 34.7 Å². The van der Waals surface area contributed by atoms with E-state index >= 15 is 0 Å². The van der Waals surface area contributed by atoms with E-state index in [1.165, 1.54) is 30.2 Å². The van der Waals surface area contributed by atoms with Crippen LogP contribution in [0.15, 0.2) is 30.5 Å². The molecule has 0 atom stereocenters. The zero-order chi connectivity index (χ0) is 13.1. The Balaban J connectivity index is 1.70. The summed E-state index contributed by atoms with van der Waals surface area (Å²) in [5, 5.41) is 14.5. The number of H-pyrrole nitrogens is 1. The van der Waals surface area contributed by atoms with E-state index in [1.807, 2.05) is 6.20 Å². The molecule has 1 aliphatic carbocycles. The molecule has 0 unspecified atom stereocenters. The van der Waals surface area contributed by atoms with Gasteiger partial charge >= 0.3 is 0 Å². The summed E-state index contributed by atoms with van der Waals surface area (Å²) in [6.07, 6.45) is 8.06. The number of fused-ring (bicyclic) bond motifs is 1. The minimum Gasteiger partial charge on any atom is -0.396 e. The average molecular weight is 258 g/mol. The topological polar surface area (TPSA) is 48.0 Å². The highest BCUT2D eigenvalue weighted by Crippen LogP contribution is 2.36. The van der Waals surface area contributed by atoms with E-state index in [9.17, 15) is 5.11 Å². The molecule has 3 rings (SSSR count). The molecular weight excluding hydrogens is 236 g/mol. The maximum Gasteiger partial charge on any atom is 0.0504 e. The minimum atomic E-state index is 0.0886. The molecule has 1 saturated carbocycles. The molecule has 0 aliphatic heterocycles. The number of rotatable bonds is 4. The summed E-state index contributed by atoms with van der Waals surface area (Å²) >= 11 is 0. The van der Waals surface area contributed by atoms with Gasteiger partial charge in [-0.2, -0.15) is 0 Å². The lowest BCUT2D eigenvalue weighted by molar-refractivity contribution is 0.0944. The van der Waals surface area contributed by atoms with Crippen LogP contribution in [0.4, 0.5) is 5.69 Å². The second-order valence-electron chi connectivity index (χ2n) is 5.85. The third-order valence-corrected chi connectivity index (χ3v) is 4.47. The lowest BCUT2D eigenvalue weighted by Crippen LogP contribution is -2.35. The van der Waals surface area contributed by atoms with Crippen molar-refractivity contribution in [2.24, 2.45) is 5.41 Å². The minimum absolute atomic E-state index is 0.0886. The quantitative estimate of drug-likeness (QED) is 0.785. The van der Waals surface area contributed by atoms with E-state index in [0.29, 0.717) is 6.61 Å². The highest BCUT2D eigenvalue weighted by molar-refractivity contribution is 5.82. The molecule has 102 valence electrons. The molecule has 2 aromatic rings. The van der Waals surface area contributed by atoms with Crippen LogP contribution in [0.3, 0.4) is 0 Å². The summed E-state index contributed by atoms with van der Waals surface area (Å²) in [4.78, 5) is 3.20. The van der Waals surface area contributed by atoms with Crippen molar-refractivity contribution in [2.45, 2.75) is 32.1 Å². The SMILES string of the molecule is OCC1(CNc2ccc3[nH]ccc3c2)CCCCC1. The van der Waals surface area contributed by atoms with Crippen molar-refractivity contribution in [1.29, 1.82) is 0 Å². The van der Waals surface area contributed by atoms with Crippen molar-refractivity contribution >= 4 is 16.6 Å². The van der Waals surface area contributed by atoms with Crippen LogP contribution in [0.25, 0.3) is 10.9 Å². The van der Waals surface area contributed by atoms with Gasteiger partial charge in [0.25, 0.3) is 0 Å². The van der Waals surface area contributed by atoms with Gasteiger partial charge in [-0.3, -0.25) is 0 Å². The fourth-order valence-electron chi connectivity index (χ4n) is 3.15. The number of aromatic nitrogens is 1. The Morgan fingerprint density at radius 1 is 1.16 bits per heavy atom. The third kappa shape index (κ3) is 2.61. The van der Waals surface area contributed by atoms with Gasteiger partial charge in [0.2, 0.25) is 0 Å². The number of nitrogens with one attached hydrogen (secondary N) is 2. The Labute approximate surface area is 114 Å². The van der Waals surface area contributed by atoms with Crippen molar-refractivity contribution in [1.82, 2.24) is 4.98 Å². The van der Waals surface area contributed by atoms with Crippen LogP contribution in [0.1, 0.15) is 32.1 Å².